The molecular weight excluding hydrogens is 515 g/mol. The van der Waals surface area contributed by atoms with Crippen LogP contribution in [0.3, 0.4) is 0 Å². The van der Waals surface area contributed by atoms with Gasteiger partial charge in [-0.05, 0) is 30.3 Å². The van der Waals surface area contributed by atoms with Crippen molar-refractivity contribution < 1.29 is 13.3 Å². The van der Waals surface area contributed by atoms with Gasteiger partial charge in [-0.2, -0.15) is 0 Å². The lowest BCUT2D eigenvalue weighted by Gasteiger charge is -2.27. The molecule has 3 nitrogen and oxygen atoms in total. The van der Waals surface area contributed by atoms with Crippen LogP contribution in [-0.4, -0.2) is 8.32 Å². The predicted octanol–water partition coefficient (Wildman–Crippen LogP) is 12.1. The van der Waals surface area contributed by atoms with Crippen molar-refractivity contribution in [1.82, 2.24) is 0 Å². The second kappa shape index (κ2) is 22.6. The largest absolute Gasteiger partial charge is 0.354 e. The Kier molecular flexibility index (Phi) is 19.8. The SMILES string of the molecule is CCCCCCCCCCCCCCCCCC[Si](C)(C)OP(OCc1ccccc1)OCc1ccccc1. The summed E-state index contributed by atoms with van der Waals surface area (Å²) in [6.45, 7) is 7.95. The fourth-order valence-corrected chi connectivity index (χ4v) is 8.93. The van der Waals surface area contributed by atoms with Gasteiger partial charge in [0.1, 0.15) is 0 Å². The molecule has 0 amide bonds. The Balaban J connectivity index is 1.55. The molecule has 0 N–H and O–H groups in total. The van der Waals surface area contributed by atoms with Crippen molar-refractivity contribution in [1.29, 1.82) is 0 Å². The molecule has 0 aromatic heterocycles. The molecule has 2 rings (SSSR count). The summed E-state index contributed by atoms with van der Waals surface area (Å²) < 4.78 is 18.9. The highest BCUT2D eigenvalue weighted by Crippen LogP contribution is 2.45. The maximum absolute atomic E-state index is 6.56. The molecule has 0 fully saturated rings. The molecular formula is C34H57O3PSi. The molecule has 5 heteroatoms. The van der Waals surface area contributed by atoms with Gasteiger partial charge in [0.25, 0.3) is 0 Å². The van der Waals surface area contributed by atoms with Crippen molar-refractivity contribution in [2.75, 3.05) is 0 Å². The average molecular weight is 573 g/mol. The zero-order chi connectivity index (χ0) is 27.9. The maximum Gasteiger partial charge on any atom is 0.322 e. The molecule has 39 heavy (non-hydrogen) atoms. The Bertz CT molecular complexity index is 759. The molecule has 0 aliphatic rings. The second-order valence-corrected chi connectivity index (χ2v) is 17.4. The van der Waals surface area contributed by atoms with E-state index in [2.05, 4.69) is 44.3 Å². The van der Waals surface area contributed by atoms with Gasteiger partial charge in [0.15, 0.2) is 8.32 Å². The molecule has 0 aliphatic heterocycles. The van der Waals surface area contributed by atoms with E-state index < -0.39 is 16.9 Å². The second-order valence-electron chi connectivity index (χ2n) is 11.6. The van der Waals surface area contributed by atoms with Crippen molar-refractivity contribution in [3.05, 3.63) is 71.8 Å². The number of unbranched alkanes of at least 4 members (excludes halogenated alkanes) is 15. The van der Waals surface area contributed by atoms with Gasteiger partial charge in [-0.15, -0.1) is 0 Å². The van der Waals surface area contributed by atoms with Crippen LogP contribution in [0.5, 0.6) is 0 Å². The number of rotatable bonds is 25. The Morgan fingerprint density at radius 2 is 0.872 bits per heavy atom. The first-order valence-electron chi connectivity index (χ1n) is 15.9. The molecule has 0 saturated carbocycles. The van der Waals surface area contributed by atoms with Gasteiger partial charge in [0.05, 0.1) is 13.2 Å². The Morgan fingerprint density at radius 3 is 1.26 bits per heavy atom. The van der Waals surface area contributed by atoms with Gasteiger partial charge in [0, 0.05) is 0 Å². The molecule has 0 atom stereocenters. The van der Waals surface area contributed by atoms with Gasteiger partial charge in [0.2, 0.25) is 0 Å². The van der Waals surface area contributed by atoms with E-state index in [0.717, 1.165) is 17.2 Å². The molecule has 0 heterocycles. The first-order chi connectivity index (χ1) is 19.1. The van der Waals surface area contributed by atoms with Gasteiger partial charge >= 0.3 is 8.60 Å². The van der Waals surface area contributed by atoms with E-state index in [1.807, 2.05) is 36.4 Å². The maximum atomic E-state index is 6.56. The molecule has 2 aromatic carbocycles. The van der Waals surface area contributed by atoms with Crippen LogP contribution in [0.15, 0.2) is 60.7 Å². The smallest absolute Gasteiger partial charge is 0.322 e. The molecule has 2 aromatic rings. The van der Waals surface area contributed by atoms with Crippen LogP contribution in [-0.2, 0) is 26.5 Å². The summed E-state index contributed by atoms with van der Waals surface area (Å²) in [6.07, 6.45) is 22.4. The van der Waals surface area contributed by atoms with Gasteiger partial charge in [-0.1, -0.05) is 170 Å². The lowest BCUT2D eigenvalue weighted by molar-refractivity contribution is 0.190. The van der Waals surface area contributed by atoms with Crippen LogP contribution < -0.4 is 0 Å². The van der Waals surface area contributed by atoms with Crippen molar-refractivity contribution >= 4 is 16.9 Å². The summed E-state index contributed by atoms with van der Waals surface area (Å²) in [5.74, 6) is 0. The summed E-state index contributed by atoms with van der Waals surface area (Å²) in [7, 11) is -3.25. The standard InChI is InChI=1S/C34H57O3PSi/c1-4-5-6-7-8-9-10-11-12-13-14-15-16-17-18-25-30-39(2,3)37-38(35-31-33-26-21-19-22-27-33)36-32-34-28-23-20-24-29-34/h19-24,26-29H,4-18,25,30-32H2,1-3H3. The average Bonchev–Trinajstić information content (AvgIpc) is 2.95. The van der Waals surface area contributed by atoms with E-state index in [0.29, 0.717) is 13.2 Å². The first kappa shape index (κ1) is 34.2. The van der Waals surface area contributed by atoms with Crippen LogP contribution in [0.4, 0.5) is 0 Å². The Labute approximate surface area is 243 Å². The van der Waals surface area contributed by atoms with Crippen LogP contribution in [0.2, 0.25) is 19.1 Å². The topological polar surface area (TPSA) is 27.7 Å². The van der Waals surface area contributed by atoms with Crippen molar-refractivity contribution in [2.45, 2.75) is 142 Å². The van der Waals surface area contributed by atoms with Crippen LogP contribution in [0.25, 0.3) is 0 Å². The van der Waals surface area contributed by atoms with E-state index in [-0.39, 0.29) is 0 Å². The van der Waals surface area contributed by atoms with Gasteiger partial charge < -0.3 is 13.3 Å². The minimum absolute atomic E-state index is 0.519. The zero-order valence-electron chi connectivity index (χ0n) is 25.4. The molecule has 0 spiro atoms. The fraction of sp³-hybridized carbons (Fsp3) is 0.647. The number of hydrogen-bond donors (Lipinski definition) is 0. The molecule has 0 bridgehead atoms. The van der Waals surface area contributed by atoms with Crippen molar-refractivity contribution in [3.8, 4) is 0 Å². The minimum atomic E-state index is -1.87. The van der Waals surface area contributed by atoms with Crippen molar-refractivity contribution in [3.63, 3.8) is 0 Å². The quantitative estimate of drug-likeness (QED) is 0.0673. The van der Waals surface area contributed by atoms with Crippen LogP contribution >= 0.6 is 8.60 Å². The van der Waals surface area contributed by atoms with Gasteiger partial charge in [-0.3, -0.25) is 0 Å². The lowest BCUT2D eigenvalue weighted by atomic mass is 10.0. The summed E-state index contributed by atoms with van der Waals surface area (Å²) >= 11 is 0. The highest BCUT2D eigenvalue weighted by Gasteiger charge is 2.29. The summed E-state index contributed by atoms with van der Waals surface area (Å²) in [5.41, 5.74) is 2.29. The van der Waals surface area contributed by atoms with Crippen molar-refractivity contribution in [2.24, 2.45) is 0 Å². The number of benzene rings is 2. The molecule has 0 aliphatic carbocycles. The third kappa shape index (κ3) is 18.9. The van der Waals surface area contributed by atoms with Crippen LogP contribution in [0, 0.1) is 0 Å². The monoisotopic (exact) mass is 572 g/mol. The molecule has 220 valence electrons. The van der Waals surface area contributed by atoms with Gasteiger partial charge in [-0.25, -0.2) is 0 Å². The van der Waals surface area contributed by atoms with Crippen LogP contribution in [0.1, 0.15) is 121 Å². The lowest BCUT2D eigenvalue weighted by Crippen LogP contribution is -2.28. The third-order valence-corrected chi connectivity index (χ3v) is 12.1. The Hall–Kier alpha value is -1.03. The summed E-state index contributed by atoms with van der Waals surface area (Å²) in [6, 6.07) is 21.7. The molecule has 0 unspecified atom stereocenters. The molecule has 0 radical (unpaired) electrons. The first-order valence-corrected chi connectivity index (χ1v) is 20.1. The van der Waals surface area contributed by atoms with E-state index in [1.54, 1.807) is 0 Å². The number of hydrogen-bond acceptors (Lipinski definition) is 3. The van der Waals surface area contributed by atoms with E-state index in [1.165, 1.54) is 103 Å². The fourth-order valence-electron chi connectivity index (χ4n) is 4.84. The highest BCUT2D eigenvalue weighted by atomic mass is 31.2. The molecule has 0 saturated heterocycles. The third-order valence-electron chi connectivity index (χ3n) is 7.31. The minimum Gasteiger partial charge on any atom is -0.354 e. The summed E-state index contributed by atoms with van der Waals surface area (Å²) in [5, 5.41) is 0. The van der Waals surface area contributed by atoms with E-state index in [4.69, 9.17) is 13.3 Å². The zero-order valence-corrected chi connectivity index (χ0v) is 27.3. The van der Waals surface area contributed by atoms with E-state index >= 15 is 0 Å². The highest BCUT2D eigenvalue weighted by molar-refractivity contribution is 7.43. The normalized spacial score (nSPS) is 11.9. The van der Waals surface area contributed by atoms with E-state index in [9.17, 15) is 0 Å². The predicted molar refractivity (Wildman–Crippen MR) is 172 cm³/mol. The summed E-state index contributed by atoms with van der Waals surface area (Å²) in [4.78, 5) is 0. The Morgan fingerprint density at radius 1 is 0.513 bits per heavy atom.